The van der Waals surface area contributed by atoms with Crippen LogP contribution in [0.3, 0.4) is 0 Å². The molecule has 0 radical (unpaired) electrons. The molecule has 0 aliphatic heterocycles. The van der Waals surface area contributed by atoms with Crippen molar-refractivity contribution in [2.45, 2.75) is 32.4 Å². The van der Waals surface area contributed by atoms with E-state index in [2.05, 4.69) is 10.2 Å². The summed E-state index contributed by atoms with van der Waals surface area (Å²) in [6.45, 7) is 5.18. The van der Waals surface area contributed by atoms with E-state index in [1.54, 1.807) is 20.8 Å². The number of aliphatic hydroxyl groups excluding tert-OH is 1. The van der Waals surface area contributed by atoms with Crippen molar-refractivity contribution in [1.29, 1.82) is 0 Å². The molecule has 0 fully saturated rings. The Labute approximate surface area is 70.0 Å². The topological polar surface area (TPSA) is 70.9 Å². The summed E-state index contributed by atoms with van der Waals surface area (Å²) in [5.41, 5.74) is -0.926. The lowest BCUT2D eigenvalue weighted by Crippen LogP contribution is -2.42. The van der Waals surface area contributed by atoms with Gasteiger partial charge in [0.25, 0.3) is 0 Å². The molecule has 0 saturated heterocycles. The fourth-order valence-electron chi connectivity index (χ4n) is 0.860. The van der Waals surface area contributed by atoms with Crippen molar-refractivity contribution < 1.29 is 5.11 Å². The van der Waals surface area contributed by atoms with Gasteiger partial charge in [0, 0.05) is 0 Å². The van der Waals surface area contributed by atoms with Gasteiger partial charge in [-0.1, -0.05) is 0 Å². The molecule has 0 amide bonds. The van der Waals surface area contributed by atoms with Crippen molar-refractivity contribution in [3.63, 3.8) is 0 Å². The van der Waals surface area contributed by atoms with Crippen molar-refractivity contribution in [3.8, 4) is 0 Å². The van der Waals surface area contributed by atoms with Crippen LogP contribution < -0.4 is 5.69 Å². The zero-order chi connectivity index (χ0) is 9.35. The highest BCUT2D eigenvalue weighted by atomic mass is 16.3. The number of hydrogen-bond donors (Lipinski definition) is 2. The molecule has 12 heavy (non-hydrogen) atoms. The number of rotatable bonds is 2. The Morgan fingerprint density at radius 1 is 1.75 bits per heavy atom. The van der Waals surface area contributed by atoms with Crippen molar-refractivity contribution in [2.24, 2.45) is 0 Å². The maximum atomic E-state index is 11.1. The zero-order valence-corrected chi connectivity index (χ0v) is 7.40. The van der Waals surface area contributed by atoms with Gasteiger partial charge in [0.15, 0.2) is 0 Å². The minimum Gasteiger partial charge on any atom is -0.391 e. The lowest BCUT2D eigenvalue weighted by Gasteiger charge is -2.27. The number of nitrogens with one attached hydrogen (secondary N) is 1. The predicted molar refractivity (Wildman–Crippen MR) is 43.9 cm³/mol. The Bertz CT molecular complexity index is 310. The number of aromatic amines is 1. The summed E-state index contributed by atoms with van der Waals surface area (Å²) in [6.07, 6.45) is 0.780. The first-order chi connectivity index (χ1) is 5.46. The molecule has 0 saturated carbocycles. The van der Waals surface area contributed by atoms with E-state index in [0.29, 0.717) is 0 Å². The fraction of sp³-hybridized carbons (Fsp3) is 0.714. The third-order valence-corrected chi connectivity index (χ3v) is 2.20. The molecule has 2 N–H and O–H groups in total. The van der Waals surface area contributed by atoms with Crippen LogP contribution in [0.25, 0.3) is 0 Å². The van der Waals surface area contributed by atoms with Crippen LogP contribution in [-0.4, -0.2) is 26.0 Å². The predicted octanol–water partition coefficient (Wildman–Crippen LogP) is -0.313. The smallest absolute Gasteiger partial charge is 0.343 e. The van der Waals surface area contributed by atoms with E-state index in [1.165, 1.54) is 10.9 Å². The average molecular weight is 171 g/mol. The lowest BCUT2D eigenvalue weighted by atomic mass is 9.99. The zero-order valence-electron chi connectivity index (χ0n) is 7.40. The van der Waals surface area contributed by atoms with Crippen LogP contribution in [0, 0.1) is 0 Å². The molecule has 1 aromatic rings. The highest BCUT2D eigenvalue weighted by Crippen LogP contribution is 2.16. The van der Waals surface area contributed by atoms with Gasteiger partial charge in [-0.2, -0.15) is 5.10 Å². The highest BCUT2D eigenvalue weighted by molar-refractivity contribution is 4.85. The van der Waals surface area contributed by atoms with E-state index in [-0.39, 0.29) is 5.69 Å². The number of aliphatic hydroxyl groups is 1. The number of aromatic nitrogens is 3. The summed E-state index contributed by atoms with van der Waals surface area (Å²) in [5, 5.41) is 15.2. The molecule has 1 heterocycles. The molecule has 0 aromatic carbocycles. The van der Waals surface area contributed by atoms with Crippen LogP contribution in [0.15, 0.2) is 11.1 Å². The Morgan fingerprint density at radius 3 is 2.67 bits per heavy atom. The number of hydrogen-bond acceptors (Lipinski definition) is 3. The first-order valence-electron chi connectivity index (χ1n) is 3.77. The molecule has 1 rings (SSSR count). The van der Waals surface area contributed by atoms with Gasteiger partial charge in [0.1, 0.15) is 6.33 Å². The molecule has 0 spiro atoms. The first kappa shape index (κ1) is 8.99. The minimum absolute atomic E-state index is 0.305. The Hall–Kier alpha value is -1.10. The summed E-state index contributed by atoms with van der Waals surface area (Å²) < 4.78 is 1.37. The van der Waals surface area contributed by atoms with Gasteiger partial charge >= 0.3 is 5.69 Å². The quantitative estimate of drug-likeness (QED) is 0.641. The molecule has 68 valence electrons. The van der Waals surface area contributed by atoms with E-state index >= 15 is 0 Å². The fourth-order valence-corrected chi connectivity index (χ4v) is 0.860. The van der Waals surface area contributed by atoms with Crippen LogP contribution in [0.4, 0.5) is 0 Å². The molecule has 0 aliphatic carbocycles. The van der Waals surface area contributed by atoms with Crippen molar-refractivity contribution >= 4 is 0 Å². The van der Waals surface area contributed by atoms with E-state index < -0.39 is 11.6 Å². The van der Waals surface area contributed by atoms with Crippen LogP contribution in [0.5, 0.6) is 0 Å². The van der Waals surface area contributed by atoms with Gasteiger partial charge in [-0.25, -0.2) is 9.89 Å². The third-order valence-electron chi connectivity index (χ3n) is 2.20. The van der Waals surface area contributed by atoms with Crippen molar-refractivity contribution in [2.75, 3.05) is 0 Å². The van der Waals surface area contributed by atoms with Gasteiger partial charge in [0.2, 0.25) is 0 Å². The van der Waals surface area contributed by atoms with Gasteiger partial charge in [0.05, 0.1) is 11.6 Å². The lowest BCUT2D eigenvalue weighted by molar-refractivity contribution is 0.0709. The Morgan fingerprint density at radius 2 is 2.33 bits per heavy atom. The summed E-state index contributed by atoms with van der Waals surface area (Å²) in [7, 11) is 0. The van der Waals surface area contributed by atoms with Crippen LogP contribution >= 0.6 is 0 Å². The molecule has 1 atom stereocenters. The first-order valence-corrected chi connectivity index (χ1v) is 3.77. The molecule has 1 unspecified atom stereocenters. The third kappa shape index (κ3) is 1.27. The van der Waals surface area contributed by atoms with Gasteiger partial charge in [-0.15, -0.1) is 0 Å². The van der Waals surface area contributed by atoms with Crippen LogP contribution in [0.1, 0.15) is 20.8 Å². The summed E-state index contributed by atoms with van der Waals surface area (Å²) >= 11 is 0. The van der Waals surface area contributed by atoms with E-state index in [4.69, 9.17) is 0 Å². The normalized spacial score (nSPS) is 14.7. The molecule has 5 nitrogen and oxygen atoms in total. The Balaban J connectivity index is 3.14. The van der Waals surface area contributed by atoms with Crippen LogP contribution in [0.2, 0.25) is 0 Å². The second kappa shape index (κ2) is 2.75. The van der Waals surface area contributed by atoms with Crippen LogP contribution in [-0.2, 0) is 5.54 Å². The molecule has 0 bridgehead atoms. The summed E-state index contributed by atoms with van der Waals surface area (Å²) in [4.78, 5) is 11.1. The molecule has 1 aromatic heterocycles. The molecule has 5 heteroatoms. The second-order valence-corrected chi connectivity index (χ2v) is 3.36. The highest BCUT2D eigenvalue weighted by Gasteiger charge is 2.27. The number of nitrogens with zero attached hydrogens (tertiary/aromatic N) is 2. The molecule has 0 aliphatic rings. The summed E-state index contributed by atoms with van der Waals surface area (Å²) in [5.74, 6) is 0. The number of H-pyrrole nitrogens is 1. The SMILES string of the molecule is CC(O)C(C)(C)n1cn[nH]c1=O. The average Bonchev–Trinajstić information content (AvgIpc) is 2.35. The monoisotopic (exact) mass is 171 g/mol. The summed E-state index contributed by atoms with van der Waals surface area (Å²) in [6, 6.07) is 0. The standard InChI is InChI=1S/C7H13N3O2/c1-5(11)7(2,3)10-4-8-9-6(10)12/h4-5,11H,1-3H3,(H,9,12). The Kier molecular flexibility index (Phi) is 2.06. The van der Waals surface area contributed by atoms with Gasteiger partial charge < -0.3 is 5.11 Å². The molecular formula is C7H13N3O2. The van der Waals surface area contributed by atoms with E-state index in [0.717, 1.165) is 0 Å². The largest absolute Gasteiger partial charge is 0.391 e. The minimum atomic E-state index is -0.621. The molecular weight excluding hydrogens is 158 g/mol. The second-order valence-electron chi connectivity index (χ2n) is 3.36. The van der Waals surface area contributed by atoms with E-state index in [1.807, 2.05) is 0 Å². The van der Waals surface area contributed by atoms with E-state index in [9.17, 15) is 9.90 Å². The van der Waals surface area contributed by atoms with Gasteiger partial charge in [-0.05, 0) is 20.8 Å². The van der Waals surface area contributed by atoms with Crippen molar-refractivity contribution in [1.82, 2.24) is 14.8 Å². The van der Waals surface area contributed by atoms with Crippen molar-refractivity contribution in [3.05, 3.63) is 16.8 Å². The maximum absolute atomic E-state index is 11.1. The maximum Gasteiger partial charge on any atom is 0.343 e. The van der Waals surface area contributed by atoms with Gasteiger partial charge in [-0.3, -0.25) is 4.57 Å².